The van der Waals surface area contributed by atoms with E-state index in [9.17, 15) is 0 Å². The second-order valence-corrected chi connectivity index (χ2v) is 21.9. The molecule has 0 bridgehead atoms. The maximum Gasteiger partial charge on any atom is 0.144 e. The number of benzene rings is 13. The van der Waals surface area contributed by atoms with Crippen molar-refractivity contribution < 1.29 is 8.83 Å². The van der Waals surface area contributed by atoms with E-state index in [-0.39, 0.29) is 0 Å². The molecular formula is C78H47N3O2. The van der Waals surface area contributed by atoms with E-state index in [4.69, 9.17) is 8.83 Å². The van der Waals surface area contributed by atoms with Gasteiger partial charge in [0.15, 0.2) is 0 Å². The molecule has 0 fully saturated rings. The predicted octanol–water partition coefficient (Wildman–Crippen LogP) is 21.4. The van der Waals surface area contributed by atoms with Crippen LogP contribution in [0.4, 0.5) is 0 Å². The van der Waals surface area contributed by atoms with Crippen molar-refractivity contribution >= 4 is 109 Å². The zero-order valence-electron chi connectivity index (χ0n) is 44.8. The summed E-state index contributed by atoms with van der Waals surface area (Å²) in [4.78, 5) is 0. The molecule has 0 amide bonds. The standard InChI is InChI=1S/C78H47N3O2/c1-3-18-48(19-4-1)52-42-53(49-20-5-2-6-21-49)44-54(43-52)50-34-37-55(38-35-50)79-67-31-14-9-26-60(67)75-70(79)47-64(78-77(75)63-28-11-16-33-72(63)83-78)51-36-39-61-69(45-51)81(68-40-41-73-76(74(61)68)62-27-10-15-32-71(62)82-73)57-23-17-22-56(46-57)80-65-29-12-7-24-58(65)59-25-8-13-30-66(59)80/h1-47H. The maximum absolute atomic E-state index is 7.14. The molecule has 0 unspecified atom stereocenters. The van der Waals surface area contributed by atoms with Crippen LogP contribution in [-0.2, 0) is 0 Å². The summed E-state index contributed by atoms with van der Waals surface area (Å²) < 4.78 is 21.0. The minimum absolute atomic E-state index is 0.858. The third-order valence-corrected chi connectivity index (χ3v) is 17.4. The van der Waals surface area contributed by atoms with Gasteiger partial charge >= 0.3 is 0 Å². The van der Waals surface area contributed by atoms with Gasteiger partial charge in [-0.1, -0.05) is 182 Å². The van der Waals surface area contributed by atoms with E-state index in [0.29, 0.717) is 0 Å². The van der Waals surface area contributed by atoms with Crippen LogP contribution < -0.4 is 0 Å². The lowest BCUT2D eigenvalue weighted by molar-refractivity contribution is 0.669. The van der Waals surface area contributed by atoms with Gasteiger partial charge in [-0.2, -0.15) is 0 Å². The first-order chi connectivity index (χ1) is 41.2. The van der Waals surface area contributed by atoms with Crippen molar-refractivity contribution in [3.8, 4) is 61.6 Å². The van der Waals surface area contributed by atoms with Gasteiger partial charge < -0.3 is 22.5 Å². The Morgan fingerprint density at radius 1 is 0.205 bits per heavy atom. The van der Waals surface area contributed by atoms with Crippen molar-refractivity contribution in [1.29, 1.82) is 0 Å². The van der Waals surface area contributed by atoms with E-state index in [2.05, 4.69) is 299 Å². The van der Waals surface area contributed by atoms with Gasteiger partial charge in [0.25, 0.3) is 0 Å². The van der Waals surface area contributed by atoms with E-state index >= 15 is 0 Å². The fourth-order valence-electron chi connectivity index (χ4n) is 13.8. The number of aromatic nitrogens is 3. The number of furan rings is 2. The quantitative estimate of drug-likeness (QED) is 0.160. The molecule has 0 spiro atoms. The van der Waals surface area contributed by atoms with Gasteiger partial charge in [-0.15, -0.1) is 0 Å². The molecule has 0 radical (unpaired) electrons. The molecule has 0 saturated heterocycles. The number of hydrogen-bond acceptors (Lipinski definition) is 2. The summed E-state index contributed by atoms with van der Waals surface area (Å²) in [6, 6.07) is 103. The molecule has 0 aliphatic carbocycles. The van der Waals surface area contributed by atoms with Crippen LogP contribution in [0.1, 0.15) is 0 Å². The van der Waals surface area contributed by atoms with Crippen molar-refractivity contribution in [1.82, 2.24) is 13.7 Å². The van der Waals surface area contributed by atoms with Gasteiger partial charge in [0.1, 0.15) is 22.3 Å². The largest absolute Gasteiger partial charge is 0.456 e. The maximum atomic E-state index is 7.14. The fourth-order valence-corrected chi connectivity index (χ4v) is 13.8. The molecular weight excluding hydrogens is 1010 g/mol. The van der Waals surface area contributed by atoms with Crippen molar-refractivity contribution in [3.05, 3.63) is 285 Å². The molecule has 0 saturated carbocycles. The average Bonchev–Trinajstić information content (AvgIpc) is 2.01. The van der Waals surface area contributed by atoms with Crippen LogP contribution in [0.2, 0.25) is 0 Å². The van der Waals surface area contributed by atoms with E-state index < -0.39 is 0 Å². The Labute approximate surface area is 475 Å². The Kier molecular flexibility index (Phi) is 9.73. The highest BCUT2D eigenvalue weighted by molar-refractivity contribution is 6.31. The number of para-hydroxylation sites is 5. The number of nitrogens with zero attached hydrogens (tertiary/aromatic N) is 3. The summed E-state index contributed by atoms with van der Waals surface area (Å²) in [5.41, 5.74) is 22.6. The van der Waals surface area contributed by atoms with Crippen molar-refractivity contribution in [2.45, 2.75) is 0 Å². The first kappa shape index (κ1) is 45.7. The van der Waals surface area contributed by atoms with Gasteiger partial charge in [0.05, 0.1) is 33.1 Å². The Morgan fingerprint density at radius 2 is 0.675 bits per heavy atom. The monoisotopic (exact) mass is 1060 g/mol. The molecule has 0 aliphatic heterocycles. The second kappa shape index (κ2) is 17.7. The smallest absolute Gasteiger partial charge is 0.144 e. The van der Waals surface area contributed by atoms with Crippen LogP contribution in [-0.4, -0.2) is 13.7 Å². The molecule has 0 N–H and O–H groups in total. The third-order valence-electron chi connectivity index (χ3n) is 17.4. The number of rotatable bonds is 7. The second-order valence-electron chi connectivity index (χ2n) is 21.9. The van der Waals surface area contributed by atoms with E-state index in [1.165, 1.54) is 60.4 Å². The number of fused-ring (bicyclic) bond motifs is 17. The van der Waals surface area contributed by atoms with Crippen LogP contribution >= 0.6 is 0 Å². The summed E-state index contributed by atoms with van der Waals surface area (Å²) in [5.74, 6) is 0. The molecule has 0 atom stereocenters. The Balaban J connectivity index is 0.873. The highest BCUT2D eigenvalue weighted by Crippen LogP contribution is 2.48. The van der Waals surface area contributed by atoms with Gasteiger partial charge in [0.2, 0.25) is 0 Å². The SMILES string of the molecule is c1ccc(-c2cc(-c3ccccc3)cc(-c3ccc(-n4c5ccccc5c5c6c(oc7ccccc76)c(-c6ccc7c8c9c(ccc8n(-c8cccc(-n%10c%11ccccc%11c%11ccccc%11%10)c8)c7c6)oc6ccccc69)cc54)cc3)c2)cc1. The first-order valence-corrected chi connectivity index (χ1v) is 28.4. The lowest BCUT2D eigenvalue weighted by Crippen LogP contribution is -1.98. The summed E-state index contributed by atoms with van der Waals surface area (Å²) in [6.07, 6.45) is 0. The van der Waals surface area contributed by atoms with E-state index in [0.717, 1.165) is 110 Å². The van der Waals surface area contributed by atoms with Crippen molar-refractivity contribution in [2.75, 3.05) is 0 Å². The molecule has 386 valence electrons. The molecule has 5 heteroatoms. The Bertz CT molecular complexity index is 5560. The topological polar surface area (TPSA) is 41.1 Å². The van der Waals surface area contributed by atoms with Gasteiger partial charge in [0, 0.05) is 76.5 Å². The van der Waals surface area contributed by atoms with E-state index in [1.54, 1.807) is 0 Å². The zero-order chi connectivity index (χ0) is 54.3. The van der Waals surface area contributed by atoms with Crippen LogP contribution in [0.15, 0.2) is 294 Å². The van der Waals surface area contributed by atoms with Gasteiger partial charge in [-0.05, 0) is 142 Å². The van der Waals surface area contributed by atoms with Crippen LogP contribution in [0, 0.1) is 0 Å². The molecule has 18 rings (SSSR count). The normalized spacial score (nSPS) is 12.1. The molecule has 83 heavy (non-hydrogen) atoms. The molecule has 18 aromatic rings. The third kappa shape index (κ3) is 6.83. The summed E-state index contributed by atoms with van der Waals surface area (Å²) >= 11 is 0. The van der Waals surface area contributed by atoms with Gasteiger partial charge in [-0.3, -0.25) is 0 Å². The van der Waals surface area contributed by atoms with Crippen molar-refractivity contribution in [3.63, 3.8) is 0 Å². The van der Waals surface area contributed by atoms with Crippen molar-refractivity contribution in [2.24, 2.45) is 0 Å². The molecule has 5 heterocycles. The first-order valence-electron chi connectivity index (χ1n) is 28.4. The lowest BCUT2D eigenvalue weighted by atomic mass is 9.93. The average molecular weight is 1060 g/mol. The highest BCUT2D eigenvalue weighted by Gasteiger charge is 2.25. The van der Waals surface area contributed by atoms with E-state index in [1.807, 2.05) is 0 Å². The zero-order valence-corrected chi connectivity index (χ0v) is 44.8. The lowest BCUT2D eigenvalue weighted by Gasteiger charge is -2.14. The Hall–Kier alpha value is -11.1. The summed E-state index contributed by atoms with van der Waals surface area (Å²) in [5, 5.41) is 11.5. The predicted molar refractivity (Wildman–Crippen MR) is 346 cm³/mol. The molecule has 5 aromatic heterocycles. The summed E-state index contributed by atoms with van der Waals surface area (Å²) in [6.45, 7) is 0. The van der Waals surface area contributed by atoms with Crippen LogP contribution in [0.3, 0.4) is 0 Å². The number of hydrogen-bond donors (Lipinski definition) is 0. The minimum atomic E-state index is 0.858. The van der Waals surface area contributed by atoms with Gasteiger partial charge in [-0.25, -0.2) is 0 Å². The van der Waals surface area contributed by atoms with Crippen LogP contribution in [0.25, 0.3) is 171 Å². The summed E-state index contributed by atoms with van der Waals surface area (Å²) in [7, 11) is 0. The molecule has 13 aromatic carbocycles. The molecule has 0 aliphatic rings. The van der Waals surface area contributed by atoms with Crippen LogP contribution in [0.5, 0.6) is 0 Å². The highest BCUT2D eigenvalue weighted by atomic mass is 16.3. The molecule has 5 nitrogen and oxygen atoms in total. The minimum Gasteiger partial charge on any atom is -0.456 e. The Morgan fingerprint density at radius 3 is 1.31 bits per heavy atom. The fraction of sp³-hybridized carbons (Fsp3) is 0.